The first kappa shape index (κ1) is 18.2. The predicted molar refractivity (Wildman–Crippen MR) is 99.3 cm³/mol. The van der Waals surface area contributed by atoms with Gasteiger partial charge < -0.3 is 14.8 Å². The Kier molecular flexibility index (Phi) is 6.07. The van der Waals surface area contributed by atoms with Crippen molar-refractivity contribution in [3.63, 3.8) is 0 Å². The highest BCUT2D eigenvalue weighted by Gasteiger charge is 2.24. The van der Waals surface area contributed by atoms with Crippen LogP contribution in [0.5, 0.6) is 11.6 Å². The van der Waals surface area contributed by atoms with Crippen molar-refractivity contribution in [1.82, 2.24) is 15.2 Å². The van der Waals surface area contributed by atoms with Gasteiger partial charge in [0, 0.05) is 37.9 Å². The molecule has 1 aromatic heterocycles. The van der Waals surface area contributed by atoms with Gasteiger partial charge in [-0.1, -0.05) is 18.2 Å². The van der Waals surface area contributed by atoms with Crippen LogP contribution in [0.4, 0.5) is 0 Å². The minimum atomic E-state index is 0.0521. The summed E-state index contributed by atoms with van der Waals surface area (Å²) < 4.78 is 10.3. The van der Waals surface area contributed by atoms with E-state index in [4.69, 9.17) is 9.47 Å². The minimum absolute atomic E-state index is 0.0521. The van der Waals surface area contributed by atoms with Crippen LogP contribution in [0.15, 0.2) is 42.6 Å². The average Bonchev–Trinajstić information content (AvgIpc) is 3.09. The molecule has 0 radical (unpaired) electrons. The zero-order valence-corrected chi connectivity index (χ0v) is 15.3. The summed E-state index contributed by atoms with van der Waals surface area (Å²) in [5.74, 6) is 1.45. The van der Waals surface area contributed by atoms with Gasteiger partial charge in [0.05, 0.1) is 20.6 Å². The van der Waals surface area contributed by atoms with Crippen molar-refractivity contribution >= 4 is 5.91 Å². The Morgan fingerprint density at radius 2 is 2.12 bits per heavy atom. The van der Waals surface area contributed by atoms with Gasteiger partial charge in [-0.2, -0.15) is 0 Å². The van der Waals surface area contributed by atoms with Gasteiger partial charge >= 0.3 is 0 Å². The predicted octanol–water partition coefficient (Wildman–Crippen LogP) is 2.03. The van der Waals surface area contributed by atoms with E-state index in [2.05, 4.69) is 15.2 Å². The van der Waals surface area contributed by atoms with Gasteiger partial charge in [0.25, 0.3) is 0 Å². The molecule has 2 heterocycles. The molecule has 1 aliphatic rings. The lowest BCUT2D eigenvalue weighted by Crippen LogP contribution is -2.37. The largest absolute Gasteiger partial charge is 0.497 e. The van der Waals surface area contributed by atoms with Crippen LogP contribution in [-0.2, 0) is 17.8 Å². The number of likely N-dealkylation sites (tertiary alicyclic amines) is 1. The number of amides is 1. The van der Waals surface area contributed by atoms with Gasteiger partial charge in [0.1, 0.15) is 5.75 Å². The molecule has 1 amide bonds. The van der Waals surface area contributed by atoms with Crippen molar-refractivity contribution in [3.8, 4) is 11.6 Å². The van der Waals surface area contributed by atoms with Crippen LogP contribution < -0.4 is 14.8 Å². The molecule has 1 fully saturated rings. The Labute approximate surface area is 154 Å². The van der Waals surface area contributed by atoms with E-state index in [1.54, 1.807) is 14.2 Å². The van der Waals surface area contributed by atoms with E-state index in [9.17, 15) is 4.79 Å². The fourth-order valence-electron chi connectivity index (χ4n) is 3.22. The molecule has 0 unspecified atom stereocenters. The third-order valence-corrected chi connectivity index (χ3v) is 4.55. The summed E-state index contributed by atoms with van der Waals surface area (Å²) in [5.41, 5.74) is 2.11. The van der Waals surface area contributed by atoms with Crippen molar-refractivity contribution in [3.05, 3.63) is 53.7 Å². The van der Waals surface area contributed by atoms with Crippen molar-refractivity contribution < 1.29 is 14.3 Å². The number of aromatic nitrogens is 1. The maximum Gasteiger partial charge on any atom is 0.224 e. The number of carbonyl (C=O) groups excluding carboxylic acids is 1. The third-order valence-electron chi connectivity index (χ3n) is 4.55. The number of hydrogen-bond donors (Lipinski definition) is 1. The Balaban J connectivity index is 1.46. The Hall–Kier alpha value is -2.60. The van der Waals surface area contributed by atoms with Gasteiger partial charge in [-0.15, -0.1) is 0 Å². The lowest BCUT2D eigenvalue weighted by atomic mass is 10.1. The molecule has 6 heteroatoms. The number of rotatable bonds is 7. The summed E-state index contributed by atoms with van der Waals surface area (Å²) in [4.78, 5) is 18.9. The Morgan fingerprint density at radius 3 is 2.85 bits per heavy atom. The lowest BCUT2D eigenvalue weighted by Gasteiger charge is -2.17. The highest BCUT2D eigenvalue weighted by atomic mass is 16.5. The monoisotopic (exact) mass is 355 g/mol. The molecule has 0 spiro atoms. The number of ether oxygens (including phenoxy) is 2. The second-order valence-electron chi connectivity index (χ2n) is 6.53. The number of methoxy groups -OCH3 is 2. The molecule has 1 N–H and O–H groups in total. The highest BCUT2D eigenvalue weighted by molar-refractivity contribution is 5.79. The van der Waals surface area contributed by atoms with Crippen LogP contribution in [0.3, 0.4) is 0 Å². The molecule has 1 atom stereocenters. The fourth-order valence-corrected chi connectivity index (χ4v) is 3.22. The molecule has 3 rings (SSSR count). The number of nitrogens with one attached hydrogen (secondary N) is 1. The molecule has 0 aliphatic carbocycles. The highest BCUT2D eigenvalue weighted by Crippen LogP contribution is 2.16. The zero-order chi connectivity index (χ0) is 18.4. The van der Waals surface area contributed by atoms with Crippen LogP contribution in [0.25, 0.3) is 0 Å². The van der Waals surface area contributed by atoms with Crippen LogP contribution in [0.1, 0.15) is 17.5 Å². The molecular weight excluding hydrogens is 330 g/mol. The Bertz CT molecular complexity index is 733. The molecule has 0 bridgehead atoms. The standard InChI is InChI=1S/C20H25N3O3/c1-25-18-5-3-4-15(10-18)11-19(24)22-17-8-9-23(14-17)13-16-6-7-20(26-2)21-12-16/h3-7,10,12,17H,8-9,11,13-14H2,1-2H3,(H,22,24)/t17-/m0/s1. The molecule has 0 saturated carbocycles. The van der Waals surface area contributed by atoms with E-state index >= 15 is 0 Å². The van der Waals surface area contributed by atoms with Crippen LogP contribution in [0.2, 0.25) is 0 Å². The maximum atomic E-state index is 12.3. The number of benzene rings is 1. The molecular formula is C20H25N3O3. The molecule has 1 aromatic carbocycles. The summed E-state index contributed by atoms with van der Waals surface area (Å²) in [6.07, 6.45) is 3.18. The van der Waals surface area contributed by atoms with Crippen LogP contribution in [-0.4, -0.2) is 49.1 Å². The summed E-state index contributed by atoms with van der Waals surface area (Å²) in [6, 6.07) is 11.7. The van der Waals surface area contributed by atoms with Crippen LogP contribution in [0, 0.1) is 0 Å². The SMILES string of the molecule is COc1cccc(CC(=O)N[C@H]2CCN(Cc3ccc(OC)nc3)C2)c1. The third kappa shape index (κ3) is 4.95. The minimum Gasteiger partial charge on any atom is -0.497 e. The smallest absolute Gasteiger partial charge is 0.224 e. The van der Waals surface area contributed by atoms with E-state index in [-0.39, 0.29) is 11.9 Å². The van der Waals surface area contributed by atoms with E-state index in [1.165, 1.54) is 0 Å². The van der Waals surface area contributed by atoms with E-state index in [1.807, 2.05) is 42.6 Å². The number of hydrogen-bond acceptors (Lipinski definition) is 5. The first-order valence-electron chi connectivity index (χ1n) is 8.80. The van der Waals surface area contributed by atoms with Gasteiger partial charge in [-0.05, 0) is 29.7 Å². The van der Waals surface area contributed by atoms with Crippen molar-refractivity contribution in [2.45, 2.75) is 25.4 Å². The second kappa shape index (κ2) is 8.67. The molecule has 138 valence electrons. The number of carbonyl (C=O) groups is 1. The topological polar surface area (TPSA) is 63.7 Å². The molecule has 26 heavy (non-hydrogen) atoms. The van der Waals surface area contributed by atoms with E-state index < -0.39 is 0 Å². The molecule has 2 aromatic rings. The van der Waals surface area contributed by atoms with Gasteiger partial charge in [0.15, 0.2) is 0 Å². The van der Waals surface area contributed by atoms with Gasteiger partial charge in [0.2, 0.25) is 11.8 Å². The molecule has 6 nitrogen and oxygen atoms in total. The summed E-state index contributed by atoms with van der Waals surface area (Å²) >= 11 is 0. The van der Waals surface area contributed by atoms with Gasteiger partial charge in [-0.3, -0.25) is 9.69 Å². The lowest BCUT2D eigenvalue weighted by molar-refractivity contribution is -0.121. The molecule has 1 saturated heterocycles. The second-order valence-corrected chi connectivity index (χ2v) is 6.53. The number of nitrogens with zero attached hydrogens (tertiary/aromatic N) is 2. The van der Waals surface area contributed by atoms with E-state index in [0.29, 0.717) is 12.3 Å². The van der Waals surface area contributed by atoms with Crippen LogP contribution >= 0.6 is 0 Å². The van der Waals surface area contributed by atoms with Crippen molar-refractivity contribution in [2.24, 2.45) is 0 Å². The first-order chi connectivity index (χ1) is 12.7. The summed E-state index contributed by atoms with van der Waals surface area (Å²) in [5, 5.41) is 3.14. The quantitative estimate of drug-likeness (QED) is 0.823. The molecule has 1 aliphatic heterocycles. The summed E-state index contributed by atoms with van der Waals surface area (Å²) in [6.45, 7) is 2.66. The first-order valence-corrected chi connectivity index (χ1v) is 8.80. The average molecular weight is 355 g/mol. The number of pyridine rings is 1. The zero-order valence-electron chi connectivity index (χ0n) is 15.3. The van der Waals surface area contributed by atoms with Crippen molar-refractivity contribution in [2.75, 3.05) is 27.3 Å². The summed E-state index contributed by atoms with van der Waals surface area (Å²) in [7, 11) is 3.24. The fraction of sp³-hybridized carbons (Fsp3) is 0.400. The van der Waals surface area contributed by atoms with E-state index in [0.717, 1.165) is 42.9 Å². The Morgan fingerprint density at radius 1 is 1.23 bits per heavy atom. The normalized spacial score (nSPS) is 17.1. The van der Waals surface area contributed by atoms with Crippen molar-refractivity contribution in [1.29, 1.82) is 0 Å². The van der Waals surface area contributed by atoms with Gasteiger partial charge in [-0.25, -0.2) is 4.98 Å². The maximum absolute atomic E-state index is 12.3.